The van der Waals surface area contributed by atoms with Crippen molar-refractivity contribution >= 4 is 0 Å². The first-order valence-corrected chi connectivity index (χ1v) is 7.83. The Kier molecular flexibility index (Phi) is 3.74. The van der Waals surface area contributed by atoms with Gasteiger partial charge in [0.15, 0.2) is 0 Å². The van der Waals surface area contributed by atoms with Crippen LogP contribution >= 0.6 is 0 Å². The third-order valence-corrected chi connectivity index (χ3v) is 5.27. The minimum Gasteiger partial charge on any atom is -0.493 e. The average molecular weight is 274 g/mol. The molecule has 1 saturated carbocycles. The number of benzene rings is 1. The second-order valence-electron chi connectivity index (χ2n) is 6.47. The lowest BCUT2D eigenvalue weighted by molar-refractivity contribution is 0.0704. The predicted octanol–water partition coefficient (Wildman–Crippen LogP) is 2.89. The van der Waals surface area contributed by atoms with Crippen LogP contribution in [0.3, 0.4) is 0 Å². The van der Waals surface area contributed by atoms with E-state index in [0.29, 0.717) is 0 Å². The molecule has 1 atom stereocenters. The number of nitrogens with two attached hydrogens (primary N) is 1. The summed E-state index contributed by atoms with van der Waals surface area (Å²) in [6.45, 7) is 0.800. The van der Waals surface area contributed by atoms with Gasteiger partial charge in [0, 0.05) is 17.5 Å². The van der Waals surface area contributed by atoms with E-state index in [4.69, 9.17) is 10.5 Å². The lowest BCUT2D eigenvalue weighted by Crippen LogP contribution is -2.53. The van der Waals surface area contributed by atoms with E-state index in [9.17, 15) is 0 Å². The van der Waals surface area contributed by atoms with Crippen molar-refractivity contribution in [2.45, 2.75) is 50.1 Å². The van der Waals surface area contributed by atoms with Crippen molar-refractivity contribution in [3.63, 3.8) is 0 Å². The van der Waals surface area contributed by atoms with Gasteiger partial charge in [0.2, 0.25) is 0 Å². The maximum Gasteiger partial charge on any atom is 0.127 e. The summed E-state index contributed by atoms with van der Waals surface area (Å²) in [5.41, 5.74) is 9.37. The SMILES string of the molecule is CN(C)C1(C(N)c2cccc3c2OCC3)CCCCC1. The summed E-state index contributed by atoms with van der Waals surface area (Å²) in [7, 11) is 4.35. The van der Waals surface area contributed by atoms with Crippen LogP contribution in [-0.2, 0) is 6.42 Å². The van der Waals surface area contributed by atoms with Crippen LogP contribution in [-0.4, -0.2) is 31.1 Å². The molecule has 3 nitrogen and oxygen atoms in total. The molecule has 1 aromatic rings. The summed E-state index contributed by atoms with van der Waals surface area (Å²) in [4.78, 5) is 2.35. The second-order valence-corrected chi connectivity index (χ2v) is 6.47. The number of hydrogen-bond acceptors (Lipinski definition) is 3. The fourth-order valence-corrected chi connectivity index (χ4v) is 3.98. The van der Waals surface area contributed by atoms with Crippen LogP contribution in [0.25, 0.3) is 0 Å². The molecule has 0 bridgehead atoms. The van der Waals surface area contributed by atoms with Gasteiger partial charge in [0.1, 0.15) is 5.75 Å². The quantitative estimate of drug-likeness (QED) is 0.921. The highest BCUT2D eigenvalue weighted by atomic mass is 16.5. The number of nitrogens with zero attached hydrogens (tertiary/aromatic N) is 1. The van der Waals surface area contributed by atoms with E-state index in [1.54, 1.807) is 0 Å². The molecule has 0 radical (unpaired) electrons. The van der Waals surface area contributed by atoms with Crippen LogP contribution < -0.4 is 10.5 Å². The van der Waals surface area contributed by atoms with Gasteiger partial charge in [-0.25, -0.2) is 0 Å². The number of likely N-dealkylation sites (N-methyl/N-ethyl adjacent to an activating group) is 1. The number of fused-ring (bicyclic) bond motifs is 1. The Morgan fingerprint density at radius 1 is 1.20 bits per heavy atom. The highest BCUT2D eigenvalue weighted by molar-refractivity contribution is 5.46. The zero-order chi connectivity index (χ0) is 14.2. The van der Waals surface area contributed by atoms with Crippen molar-refractivity contribution in [3.05, 3.63) is 29.3 Å². The molecule has 2 aliphatic rings. The van der Waals surface area contributed by atoms with E-state index in [0.717, 1.165) is 18.8 Å². The molecule has 0 saturated heterocycles. The summed E-state index contributed by atoms with van der Waals surface area (Å²) in [5, 5.41) is 0. The second kappa shape index (κ2) is 5.38. The van der Waals surface area contributed by atoms with E-state index in [-0.39, 0.29) is 11.6 Å². The van der Waals surface area contributed by atoms with Gasteiger partial charge >= 0.3 is 0 Å². The van der Waals surface area contributed by atoms with Gasteiger partial charge in [-0.1, -0.05) is 37.5 Å². The number of rotatable bonds is 3. The molecule has 110 valence electrons. The summed E-state index contributed by atoms with van der Waals surface area (Å²) >= 11 is 0. The van der Waals surface area contributed by atoms with E-state index in [2.05, 4.69) is 37.2 Å². The fourth-order valence-electron chi connectivity index (χ4n) is 3.98. The molecular weight excluding hydrogens is 248 g/mol. The first-order valence-electron chi connectivity index (χ1n) is 7.83. The van der Waals surface area contributed by atoms with Crippen LogP contribution in [0.1, 0.15) is 49.3 Å². The van der Waals surface area contributed by atoms with E-state index < -0.39 is 0 Å². The maximum atomic E-state index is 6.76. The van der Waals surface area contributed by atoms with Crippen molar-refractivity contribution in [1.29, 1.82) is 0 Å². The molecule has 1 aromatic carbocycles. The van der Waals surface area contributed by atoms with E-state index in [1.165, 1.54) is 43.2 Å². The molecule has 2 N–H and O–H groups in total. The Morgan fingerprint density at radius 2 is 1.95 bits per heavy atom. The molecule has 1 unspecified atom stereocenters. The zero-order valence-corrected chi connectivity index (χ0v) is 12.7. The molecule has 1 heterocycles. The summed E-state index contributed by atoms with van der Waals surface area (Å²) in [6, 6.07) is 6.50. The van der Waals surface area contributed by atoms with Crippen LogP contribution in [0.4, 0.5) is 0 Å². The zero-order valence-electron chi connectivity index (χ0n) is 12.7. The Bertz CT molecular complexity index is 478. The van der Waals surface area contributed by atoms with Gasteiger partial charge in [0.25, 0.3) is 0 Å². The highest BCUT2D eigenvalue weighted by Crippen LogP contribution is 2.44. The van der Waals surface area contributed by atoms with Crippen LogP contribution in [0.2, 0.25) is 0 Å². The molecule has 0 amide bonds. The van der Waals surface area contributed by atoms with Crippen molar-refractivity contribution in [1.82, 2.24) is 4.90 Å². The average Bonchev–Trinajstić information content (AvgIpc) is 2.95. The molecule has 3 rings (SSSR count). The number of ether oxygens (including phenoxy) is 1. The standard InChI is InChI=1S/C17H26N2O/c1-19(2)17(10-4-3-5-11-17)16(18)14-8-6-7-13-9-12-20-15(13)14/h6-8,16H,3-5,9-12,18H2,1-2H3. The summed E-state index contributed by atoms with van der Waals surface area (Å²) < 4.78 is 5.87. The van der Waals surface area contributed by atoms with Gasteiger partial charge in [0.05, 0.1) is 12.6 Å². The Balaban J connectivity index is 1.98. The van der Waals surface area contributed by atoms with Crippen LogP contribution in [0.5, 0.6) is 5.75 Å². The van der Waals surface area contributed by atoms with Gasteiger partial charge in [-0.15, -0.1) is 0 Å². The normalized spacial score (nSPS) is 22.4. The maximum absolute atomic E-state index is 6.76. The molecule has 3 heteroatoms. The molecule has 0 spiro atoms. The van der Waals surface area contributed by atoms with Gasteiger partial charge < -0.3 is 15.4 Å². The lowest BCUT2D eigenvalue weighted by atomic mass is 9.73. The van der Waals surface area contributed by atoms with E-state index >= 15 is 0 Å². The number of para-hydroxylation sites is 1. The van der Waals surface area contributed by atoms with Crippen LogP contribution in [0, 0.1) is 0 Å². The molecule has 20 heavy (non-hydrogen) atoms. The van der Waals surface area contributed by atoms with Crippen molar-refractivity contribution in [3.8, 4) is 5.75 Å². The third kappa shape index (κ3) is 2.13. The Labute approximate surface area is 122 Å². The van der Waals surface area contributed by atoms with Gasteiger partial charge in [-0.05, 0) is 32.5 Å². The summed E-state index contributed by atoms with van der Waals surface area (Å²) in [5.74, 6) is 1.06. The molecular formula is C17H26N2O. The molecule has 1 aliphatic heterocycles. The van der Waals surface area contributed by atoms with Crippen molar-refractivity contribution in [2.24, 2.45) is 5.73 Å². The lowest BCUT2D eigenvalue weighted by Gasteiger charge is -2.47. The highest BCUT2D eigenvalue weighted by Gasteiger charge is 2.42. The Hall–Kier alpha value is -1.06. The van der Waals surface area contributed by atoms with Gasteiger partial charge in [-0.3, -0.25) is 0 Å². The first-order chi connectivity index (χ1) is 9.65. The smallest absolute Gasteiger partial charge is 0.127 e. The Morgan fingerprint density at radius 3 is 2.65 bits per heavy atom. The number of hydrogen-bond donors (Lipinski definition) is 1. The van der Waals surface area contributed by atoms with Crippen molar-refractivity contribution in [2.75, 3.05) is 20.7 Å². The largest absolute Gasteiger partial charge is 0.493 e. The molecule has 1 aliphatic carbocycles. The molecule has 1 fully saturated rings. The minimum absolute atomic E-state index is 0.0332. The topological polar surface area (TPSA) is 38.5 Å². The summed E-state index contributed by atoms with van der Waals surface area (Å²) in [6.07, 6.45) is 7.29. The minimum atomic E-state index is 0.0332. The van der Waals surface area contributed by atoms with Gasteiger partial charge in [-0.2, -0.15) is 0 Å². The van der Waals surface area contributed by atoms with Crippen molar-refractivity contribution < 1.29 is 4.74 Å². The third-order valence-electron chi connectivity index (χ3n) is 5.27. The fraction of sp³-hybridized carbons (Fsp3) is 0.647. The molecule has 0 aromatic heterocycles. The monoisotopic (exact) mass is 274 g/mol. The van der Waals surface area contributed by atoms with Crippen LogP contribution in [0.15, 0.2) is 18.2 Å². The predicted molar refractivity (Wildman–Crippen MR) is 82.1 cm³/mol. The first kappa shape index (κ1) is 13.9. The van der Waals surface area contributed by atoms with E-state index in [1.807, 2.05) is 0 Å².